The zero-order valence-corrected chi connectivity index (χ0v) is 6.36. The van der Waals surface area contributed by atoms with Crippen molar-refractivity contribution in [2.24, 2.45) is 0 Å². The van der Waals surface area contributed by atoms with E-state index in [0.29, 0.717) is 0 Å². The Morgan fingerprint density at radius 1 is 1.80 bits per heavy atom. The summed E-state index contributed by atoms with van der Waals surface area (Å²) < 4.78 is 82.0. The monoisotopic (exact) mass is 213 g/mol. The summed E-state index contributed by atoms with van der Waals surface area (Å²) in [6.07, 6.45) is -0.912. The second-order valence-corrected chi connectivity index (χ2v) is 2.40. The highest BCUT2D eigenvalue weighted by Gasteiger charge is 2.12. The number of hydrogen-bond donors (Lipinski definition) is 0. The summed E-state index contributed by atoms with van der Waals surface area (Å²) in [5, 5.41) is 3.46. The predicted molar refractivity (Wildman–Crippen MR) is 44.9 cm³/mol. The van der Waals surface area contributed by atoms with Crippen molar-refractivity contribution in [2.45, 2.75) is 26.1 Å². The zero-order valence-electron chi connectivity index (χ0n) is 15.8. The highest BCUT2D eigenvalue weighted by atomic mass is 79.9. The van der Waals surface area contributed by atoms with Crippen LogP contribution in [0.4, 0.5) is 0 Å². The van der Waals surface area contributed by atoms with Crippen LogP contribution in [0.1, 0.15) is 35.6 Å². The van der Waals surface area contributed by atoms with Crippen molar-refractivity contribution >= 4 is 15.9 Å². The minimum atomic E-state index is -3.52. The van der Waals surface area contributed by atoms with Gasteiger partial charge in [-0.3, -0.25) is 4.68 Å². The van der Waals surface area contributed by atoms with E-state index >= 15 is 0 Å². The van der Waals surface area contributed by atoms with E-state index in [2.05, 4.69) is 21.0 Å². The Morgan fingerprint density at radius 2 is 2.50 bits per heavy atom. The van der Waals surface area contributed by atoms with Crippen LogP contribution in [0.3, 0.4) is 0 Å². The minimum Gasteiger partial charge on any atom is -0.266 e. The summed E-state index contributed by atoms with van der Waals surface area (Å²) in [4.78, 5) is 0. The van der Waals surface area contributed by atoms with Crippen molar-refractivity contribution in [3.63, 3.8) is 0 Å². The average molecular weight is 214 g/mol. The molecule has 0 aliphatic carbocycles. The van der Waals surface area contributed by atoms with Crippen LogP contribution in [0.2, 0.25) is 0 Å². The fourth-order valence-corrected chi connectivity index (χ4v) is 0.643. The van der Waals surface area contributed by atoms with Gasteiger partial charge < -0.3 is 0 Å². The minimum absolute atomic E-state index is 0.0897. The second-order valence-electron chi connectivity index (χ2n) is 1.65. The lowest BCUT2D eigenvalue weighted by Gasteiger charge is -2.18. The lowest BCUT2D eigenvalue weighted by atomic mass is 10.1. The maximum atomic E-state index is 7.64. The first kappa shape index (κ1) is 1.71. The van der Waals surface area contributed by atoms with Gasteiger partial charge in [0.1, 0.15) is 4.60 Å². The van der Waals surface area contributed by atoms with Gasteiger partial charge >= 0.3 is 0 Å². The highest BCUT2D eigenvalue weighted by Crippen LogP contribution is 2.14. The SMILES string of the molecule is [2H]c1c(Br)nn(C(C([2H])([2H])[2H])(C([2H])([2H])[2H])C([2H])([2H])[2H])c1[2H]. The smallest absolute Gasteiger partial charge is 0.128 e. The molecule has 0 aromatic carbocycles. The van der Waals surface area contributed by atoms with Gasteiger partial charge in [0.2, 0.25) is 0 Å². The largest absolute Gasteiger partial charge is 0.266 e. The average Bonchev–Trinajstić information content (AvgIpc) is 2.40. The molecule has 0 amide bonds. The first-order chi connectivity index (χ1) is 9.09. The molecule has 1 aromatic heterocycles. The van der Waals surface area contributed by atoms with Gasteiger partial charge in [-0.1, -0.05) is 0 Å². The van der Waals surface area contributed by atoms with Crippen LogP contribution in [0, 0.1) is 0 Å². The molecule has 0 aliphatic heterocycles. The van der Waals surface area contributed by atoms with E-state index in [-0.39, 0.29) is 9.28 Å². The van der Waals surface area contributed by atoms with Crippen molar-refractivity contribution in [1.82, 2.24) is 9.78 Å². The summed E-state index contributed by atoms with van der Waals surface area (Å²) in [5.41, 5.74) is -3.42. The molecule has 0 N–H and O–H groups in total. The molecule has 0 aliphatic rings. The molecular weight excluding hydrogens is 192 g/mol. The van der Waals surface area contributed by atoms with Gasteiger partial charge in [0.05, 0.1) is 8.28 Å². The summed E-state index contributed by atoms with van der Waals surface area (Å²) >= 11 is 2.77. The summed E-state index contributed by atoms with van der Waals surface area (Å²) in [6.45, 7) is -10.6. The summed E-state index contributed by atoms with van der Waals surface area (Å²) in [7, 11) is 0. The Balaban J connectivity index is 3.96. The molecule has 0 saturated carbocycles. The predicted octanol–water partition coefficient (Wildman–Crippen LogP) is 2.40. The summed E-state index contributed by atoms with van der Waals surface area (Å²) in [5.74, 6) is 0. The van der Waals surface area contributed by atoms with Crippen LogP contribution < -0.4 is 0 Å². The molecule has 56 valence electrons. The molecule has 1 rings (SSSR count). The third-order valence-electron chi connectivity index (χ3n) is 0.770. The summed E-state index contributed by atoms with van der Waals surface area (Å²) in [6, 6.07) is -0.600. The van der Waals surface area contributed by atoms with Gasteiger partial charge in [-0.25, -0.2) is 0 Å². The van der Waals surface area contributed by atoms with Crippen molar-refractivity contribution in [2.75, 3.05) is 0 Å². The molecule has 0 spiro atoms. The van der Waals surface area contributed by atoms with Gasteiger partial charge in [0.15, 0.2) is 0 Å². The van der Waals surface area contributed by atoms with Crippen LogP contribution in [0.5, 0.6) is 0 Å². The Morgan fingerprint density at radius 3 is 2.90 bits per heavy atom. The Kier molecular flexibility index (Phi) is 0.407. The molecule has 10 heavy (non-hydrogen) atoms. The molecule has 1 heterocycles. The fourth-order valence-electron chi connectivity index (χ4n) is 0.396. The zero-order chi connectivity index (χ0) is 17.0. The maximum Gasteiger partial charge on any atom is 0.128 e. The van der Waals surface area contributed by atoms with E-state index in [1.165, 1.54) is 0 Å². The lowest BCUT2D eigenvalue weighted by Crippen LogP contribution is -2.21. The molecular formula is C7H11BrN2. The van der Waals surface area contributed by atoms with Gasteiger partial charge in [0, 0.05) is 18.5 Å². The van der Waals surface area contributed by atoms with Crippen LogP contribution in [0.25, 0.3) is 0 Å². The van der Waals surface area contributed by atoms with Crippen molar-refractivity contribution in [3.05, 3.63) is 16.8 Å². The molecule has 0 bridgehead atoms. The lowest BCUT2D eigenvalue weighted by molar-refractivity contribution is 0.354. The molecule has 0 radical (unpaired) electrons. The van der Waals surface area contributed by atoms with Gasteiger partial charge in [-0.2, -0.15) is 5.10 Å². The Bertz CT molecular complexity index is 500. The molecule has 0 atom stereocenters. The second kappa shape index (κ2) is 2.38. The molecule has 0 saturated heterocycles. The van der Waals surface area contributed by atoms with Crippen LogP contribution in [0.15, 0.2) is 16.8 Å². The fraction of sp³-hybridized carbons (Fsp3) is 0.571. The molecule has 0 fully saturated rings. The van der Waals surface area contributed by atoms with E-state index in [0.717, 1.165) is 0 Å². The first-order valence-electron chi connectivity index (χ1n) is 7.81. The van der Waals surface area contributed by atoms with Crippen LogP contribution in [-0.2, 0) is 5.54 Å². The molecule has 3 heteroatoms. The standard InChI is InChI=1S/C7H11BrN2/c1-7(2,3)10-5-4-6(8)9-10/h4-5H,1-3H3/i1D3,2D3,3D3,4D,5D. The van der Waals surface area contributed by atoms with E-state index in [1.54, 1.807) is 0 Å². The third kappa shape index (κ3) is 1.59. The number of aromatic nitrogens is 2. The molecule has 0 unspecified atom stereocenters. The van der Waals surface area contributed by atoms with E-state index in [9.17, 15) is 0 Å². The number of nitrogens with zero attached hydrogens (tertiary/aromatic N) is 2. The van der Waals surface area contributed by atoms with Crippen molar-refractivity contribution < 1.29 is 15.1 Å². The van der Waals surface area contributed by atoms with Crippen LogP contribution in [-0.4, -0.2) is 9.78 Å². The van der Waals surface area contributed by atoms with E-state index in [4.69, 9.17) is 15.1 Å². The normalized spacial score (nSPS) is 31.9. The number of halogens is 1. The molecule has 1 aromatic rings. The van der Waals surface area contributed by atoms with Crippen LogP contribution >= 0.6 is 15.9 Å². The molecule has 2 nitrogen and oxygen atoms in total. The van der Waals surface area contributed by atoms with E-state index < -0.39 is 38.3 Å². The Hall–Kier alpha value is -0.310. The Labute approximate surface area is 84.8 Å². The quantitative estimate of drug-likeness (QED) is 0.648. The number of hydrogen-bond acceptors (Lipinski definition) is 1. The third-order valence-corrected chi connectivity index (χ3v) is 1.13. The van der Waals surface area contributed by atoms with Crippen molar-refractivity contribution in [1.29, 1.82) is 0 Å². The van der Waals surface area contributed by atoms with Gasteiger partial charge in [-0.15, -0.1) is 0 Å². The van der Waals surface area contributed by atoms with Gasteiger partial charge in [-0.05, 0) is 42.5 Å². The maximum absolute atomic E-state index is 7.64. The van der Waals surface area contributed by atoms with Gasteiger partial charge in [0.25, 0.3) is 0 Å². The van der Waals surface area contributed by atoms with E-state index in [1.807, 2.05) is 0 Å². The van der Waals surface area contributed by atoms with Crippen molar-refractivity contribution in [3.8, 4) is 0 Å². The number of rotatable bonds is 0. The topological polar surface area (TPSA) is 17.8 Å². The highest BCUT2D eigenvalue weighted by molar-refractivity contribution is 9.10. The first-order valence-corrected chi connectivity index (χ1v) is 3.10.